The van der Waals surface area contributed by atoms with Crippen LogP contribution in [0.5, 0.6) is 24.0 Å². The summed E-state index contributed by atoms with van der Waals surface area (Å²) in [6.07, 6.45) is 2.96. The fourth-order valence-electron chi connectivity index (χ4n) is 2.50. The summed E-state index contributed by atoms with van der Waals surface area (Å²) in [5.41, 5.74) is -0.187. The summed E-state index contributed by atoms with van der Waals surface area (Å²) in [6, 6.07) is 0.0530. The van der Waals surface area contributed by atoms with Crippen molar-refractivity contribution in [2.24, 2.45) is 0 Å². The van der Waals surface area contributed by atoms with Gasteiger partial charge in [-0.2, -0.15) is 19.9 Å². The molecule has 0 aliphatic rings. The van der Waals surface area contributed by atoms with Gasteiger partial charge in [0, 0.05) is 0 Å². The molecule has 0 fully saturated rings. The molecule has 0 saturated carbocycles. The lowest BCUT2D eigenvalue weighted by molar-refractivity contribution is -0.793. The van der Waals surface area contributed by atoms with Crippen LogP contribution >= 0.6 is 0 Å². The van der Waals surface area contributed by atoms with Crippen LogP contribution in [-0.4, -0.2) is 61.5 Å². The molecule has 0 saturated heterocycles. The monoisotopic (exact) mass is 476 g/mol. The van der Waals surface area contributed by atoms with Crippen molar-refractivity contribution in [1.82, 2.24) is 35.1 Å². The second-order valence-corrected chi connectivity index (χ2v) is 6.97. The molecule has 0 aromatic carbocycles. The van der Waals surface area contributed by atoms with Crippen LogP contribution in [0.3, 0.4) is 0 Å². The highest BCUT2D eigenvalue weighted by Crippen LogP contribution is 2.27. The van der Waals surface area contributed by atoms with E-state index in [1.807, 2.05) is 27.7 Å². The summed E-state index contributed by atoms with van der Waals surface area (Å²) in [5.74, 6) is -0.0843. The number of hydrogen-bond acceptors (Lipinski definition) is 13. The average molecular weight is 476 g/mol. The first kappa shape index (κ1) is 24.8. The molecule has 3 rings (SSSR count). The Morgan fingerprint density at radius 1 is 0.618 bits per heavy atom. The van der Waals surface area contributed by atoms with Gasteiger partial charge in [-0.15, -0.1) is 9.97 Å². The number of aromatic nitrogens is 8. The smallest absolute Gasteiger partial charge is 0.323 e. The molecule has 0 aliphatic heterocycles. The number of nitrogens with zero attached hydrogens (tertiary/aromatic N) is 8. The highest BCUT2D eigenvalue weighted by molar-refractivity contribution is 5.67. The number of rotatable bonds is 14. The molecular formula is C20H28N8O6. The highest BCUT2D eigenvalue weighted by atomic mass is 16.8. The molecule has 14 heteroatoms. The summed E-state index contributed by atoms with van der Waals surface area (Å²) in [5, 5.41) is 16.4. The lowest BCUT2D eigenvalue weighted by atomic mass is 10.3. The Labute approximate surface area is 196 Å². The average Bonchev–Trinajstić information content (AvgIpc) is 3.24. The number of hydrogen-bond donors (Lipinski definition) is 0. The third-order valence-electron chi connectivity index (χ3n) is 3.97. The third-order valence-corrected chi connectivity index (χ3v) is 3.97. The molecule has 0 unspecified atom stereocenters. The Hall–Kier alpha value is -3.84. The van der Waals surface area contributed by atoms with Crippen LogP contribution in [0.15, 0.2) is 4.63 Å². The van der Waals surface area contributed by atoms with Crippen molar-refractivity contribution in [2.45, 2.75) is 53.4 Å². The van der Waals surface area contributed by atoms with E-state index in [0.717, 1.165) is 25.7 Å². The van der Waals surface area contributed by atoms with Crippen LogP contribution in [-0.2, 0) is 0 Å². The van der Waals surface area contributed by atoms with Crippen molar-refractivity contribution in [1.29, 1.82) is 0 Å². The minimum Gasteiger partial charge on any atom is -0.463 e. The first-order valence-electron chi connectivity index (χ1n) is 11.2. The Bertz CT molecular complexity index is 1010. The van der Waals surface area contributed by atoms with Gasteiger partial charge >= 0.3 is 24.0 Å². The predicted octanol–water partition coefficient (Wildman–Crippen LogP) is 2.17. The van der Waals surface area contributed by atoms with E-state index in [4.69, 9.17) is 23.6 Å². The molecule has 34 heavy (non-hydrogen) atoms. The molecule has 0 amide bonds. The summed E-state index contributed by atoms with van der Waals surface area (Å²) >= 11 is 0. The van der Waals surface area contributed by atoms with Crippen LogP contribution < -0.4 is 23.9 Å². The van der Waals surface area contributed by atoms with E-state index in [-0.39, 0.29) is 52.0 Å². The van der Waals surface area contributed by atoms with Crippen molar-refractivity contribution < 1.29 is 28.5 Å². The van der Waals surface area contributed by atoms with Crippen LogP contribution in [0.25, 0.3) is 23.0 Å². The van der Waals surface area contributed by atoms with Crippen LogP contribution in [0.2, 0.25) is 0 Å². The van der Waals surface area contributed by atoms with Crippen molar-refractivity contribution in [3.63, 3.8) is 0 Å². The molecule has 0 N–H and O–H groups in total. The molecule has 0 aliphatic carbocycles. The molecule has 0 atom stereocenters. The van der Waals surface area contributed by atoms with Gasteiger partial charge in [-0.1, -0.05) is 27.7 Å². The van der Waals surface area contributed by atoms with Crippen molar-refractivity contribution in [2.75, 3.05) is 26.4 Å². The van der Waals surface area contributed by atoms with Gasteiger partial charge in [0.05, 0.1) is 31.6 Å². The Morgan fingerprint density at radius 2 is 1.00 bits per heavy atom. The minimum atomic E-state index is -0.154. The summed E-state index contributed by atoms with van der Waals surface area (Å²) in [6.45, 7) is 9.28. The summed E-state index contributed by atoms with van der Waals surface area (Å²) in [7, 11) is 0. The zero-order valence-corrected chi connectivity index (χ0v) is 19.7. The van der Waals surface area contributed by atoms with Crippen molar-refractivity contribution >= 4 is 0 Å². The normalized spacial score (nSPS) is 10.8. The van der Waals surface area contributed by atoms with Gasteiger partial charge in [0.25, 0.3) is 11.4 Å². The maximum atomic E-state index is 12.6. The highest BCUT2D eigenvalue weighted by Gasteiger charge is 2.30. The molecule has 14 nitrogen and oxygen atoms in total. The molecule has 0 radical (unpaired) electrons. The van der Waals surface area contributed by atoms with Crippen molar-refractivity contribution in [3.05, 3.63) is 5.21 Å². The standard InChI is InChI=1S/C20H28N8O6/c1-5-9-30-17-21-15(22-18(25-17)31-10-6-2)13-14(28(29)34-27-13)16-23-19(32-11-7-3)26-20(24-16)33-12-8-4/h5-12H2,1-4H3. The minimum absolute atomic E-state index is 0.000291. The second-order valence-electron chi connectivity index (χ2n) is 6.97. The predicted molar refractivity (Wildman–Crippen MR) is 116 cm³/mol. The quantitative estimate of drug-likeness (QED) is 0.311. The van der Waals surface area contributed by atoms with E-state index in [0.29, 0.717) is 26.4 Å². The van der Waals surface area contributed by atoms with Crippen LogP contribution in [0.1, 0.15) is 53.4 Å². The van der Waals surface area contributed by atoms with Gasteiger partial charge < -0.3 is 24.2 Å². The molecule has 3 aromatic rings. The zero-order valence-electron chi connectivity index (χ0n) is 19.7. The zero-order chi connectivity index (χ0) is 24.3. The topological polar surface area (TPSA) is 167 Å². The Morgan fingerprint density at radius 3 is 1.38 bits per heavy atom. The van der Waals surface area contributed by atoms with E-state index in [2.05, 4.69) is 35.1 Å². The fraction of sp³-hybridized carbons (Fsp3) is 0.600. The van der Waals surface area contributed by atoms with E-state index in [1.165, 1.54) is 0 Å². The maximum absolute atomic E-state index is 12.6. The van der Waals surface area contributed by atoms with Gasteiger partial charge in [-0.25, -0.2) is 0 Å². The SMILES string of the molecule is CCCOc1nc(OCCC)nc(-c2no[n+]([O-])c2-c2nc(OCCC)nc(OCCC)n2)n1. The van der Waals surface area contributed by atoms with E-state index in [1.54, 1.807) is 0 Å². The third kappa shape index (κ3) is 6.36. The first-order chi connectivity index (χ1) is 16.6. The van der Waals surface area contributed by atoms with Crippen molar-refractivity contribution in [3.8, 4) is 47.1 Å². The van der Waals surface area contributed by atoms with E-state index >= 15 is 0 Å². The first-order valence-corrected chi connectivity index (χ1v) is 11.2. The van der Waals surface area contributed by atoms with Gasteiger partial charge in [-0.3, -0.25) is 4.63 Å². The van der Waals surface area contributed by atoms with Gasteiger partial charge in [0.1, 0.15) is 0 Å². The molecule has 184 valence electrons. The summed E-state index contributed by atoms with van der Waals surface area (Å²) < 4.78 is 27.0. The lowest BCUT2D eigenvalue weighted by Gasteiger charge is -2.08. The maximum Gasteiger partial charge on any atom is 0.323 e. The van der Waals surface area contributed by atoms with Gasteiger partial charge in [0.15, 0.2) is 0 Å². The van der Waals surface area contributed by atoms with E-state index in [9.17, 15) is 5.21 Å². The molecule has 0 bridgehead atoms. The largest absolute Gasteiger partial charge is 0.463 e. The molecular weight excluding hydrogens is 448 g/mol. The Kier molecular flexibility index (Phi) is 9.05. The second kappa shape index (κ2) is 12.4. The number of ether oxygens (including phenoxy) is 4. The Balaban J connectivity index is 2.08. The molecule has 3 heterocycles. The fourth-order valence-corrected chi connectivity index (χ4v) is 2.50. The van der Waals surface area contributed by atoms with E-state index < -0.39 is 0 Å². The van der Waals surface area contributed by atoms with Crippen LogP contribution in [0.4, 0.5) is 0 Å². The van der Waals surface area contributed by atoms with Gasteiger partial charge in [0.2, 0.25) is 11.6 Å². The lowest BCUT2D eigenvalue weighted by Crippen LogP contribution is -2.26. The molecule has 3 aromatic heterocycles. The molecule has 0 spiro atoms. The summed E-state index contributed by atoms with van der Waals surface area (Å²) in [4.78, 5) is 25.4. The van der Waals surface area contributed by atoms with Gasteiger partial charge in [-0.05, 0) is 30.6 Å². The van der Waals surface area contributed by atoms with Crippen LogP contribution in [0, 0.1) is 5.21 Å².